The van der Waals surface area contributed by atoms with E-state index in [2.05, 4.69) is 5.32 Å². The standard InChI is InChI=1S/C14H22N2O3/c1-14(2,3)19-12-7-5-4-6-10(12)8-16-13(18)11(15)9-17/h4-7,11,17H,8-9,15H2,1-3H3,(H,16,18). The molecule has 0 aliphatic carbocycles. The third kappa shape index (κ3) is 5.28. The molecule has 4 N–H and O–H groups in total. The fourth-order valence-corrected chi connectivity index (χ4v) is 1.48. The van der Waals surface area contributed by atoms with Crippen molar-refractivity contribution in [3.8, 4) is 5.75 Å². The second-order valence-electron chi connectivity index (χ2n) is 5.33. The number of carbonyl (C=O) groups is 1. The Labute approximate surface area is 113 Å². The van der Waals surface area contributed by atoms with E-state index in [1.807, 2.05) is 45.0 Å². The number of ether oxygens (including phenoxy) is 1. The molecule has 0 spiro atoms. The van der Waals surface area contributed by atoms with Crippen LogP contribution in [0.4, 0.5) is 0 Å². The Morgan fingerprint density at radius 1 is 1.42 bits per heavy atom. The van der Waals surface area contributed by atoms with Crippen molar-refractivity contribution in [2.75, 3.05) is 6.61 Å². The number of carbonyl (C=O) groups excluding carboxylic acids is 1. The molecule has 5 nitrogen and oxygen atoms in total. The normalized spacial score (nSPS) is 12.9. The fraction of sp³-hybridized carbons (Fsp3) is 0.500. The van der Waals surface area contributed by atoms with E-state index in [1.165, 1.54) is 0 Å². The molecule has 106 valence electrons. The number of benzene rings is 1. The Bertz CT molecular complexity index is 427. The maximum atomic E-state index is 11.5. The molecule has 1 aromatic rings. The number of amides is 1. The van der Waals surface area contributed by atoms with Crippen molar-refractivity contribution in [3.05, 3.63) is 29.8 Å². The number of aliphatic hydroxyl groups excluding tert-OH is 1. The summed E-state index contributed by atoms with van der Waals surface area (Å²) in [6, 6.07) is 6.61. The lowest BCUT2D eigenvalue weighted by Gasteiger charge is -2.23. The van der Waals surface area contributed by atoms with Crippen molar-refractivity contribution in [2.24, 2.45) is 5.73 Å². The molecule has 0 saturated heterocycles. The minimum atomic E-state index is -0.893. The molecule has 0 radical (unpaired) electrons. The quantitative estimate of drug-likeness (QED) is 0.736. The number of nitrogens with two attached hydrogens (primary N) is 1. The molecule has 5 heteroatoms. The summed E-state index contributed by atoms with van der Waals surface area (Å²) in [7, 11) is 0. The summed E-state index contributed by atoms with van der Waals surface area (Å²) in [5.41, 5.74) is 5.99. The zero-order chi connectivity index (χ0) is 14.5. The molecule has 1 rings (SSSR count). The summed E-state index contributed by atoms with van der Waals surface area (Å²) in [5.74, 6) is 0.348. The number of rotatable bonds is 5. The van der Waals surface area contributed by atoms with Gasteiger partial charge >= 0.3 is 0 Å². The van der Waals surface area contributed by atoms with Crippen LogP contribution in [0.3, 0.4) is 0 Å². The third-order valence-electron chi connectivity index (χ3n) is 2.38. The molecule has 1 unspecified atom stereocenters. The number of hydrogen-bond acceptors (Lipinski definition) is 4. The summed E-state index contributed by atoms with van der Waals surface area (Å²) in [4.78, 5) is 11.5. The number of aliphatic hydroxyl groups is 1. The van der Waals surface area contributed by atoms with E-state index in [1.54, 1.807) is 0 Å². The predicted octanol–water partition coefficient (Wildman–Crippen LogP) is 0.800. The summed E-state index contributed by atoms with van der Waals surface area (Å²) in [5, 5.41) is 11.5. The third-order valence-corrected chi connectivity index (χ3v) is 2.38. The van der Waals surface area contributed by atoms with Crippen LogP contribution in [-0.2, 0) is 11.3 Å². The van der Waals surface area contributed by atoms with Crippen LogP contribution in [0.1, 0.15) is 26.3 Å². The summed E-state index contributed by atoms with van der Waals surface area (Å²) >= 11 is 0. The highest BCUT2D eigenvalue weighted by Crippen LogP contribution is 2.22. The van der Waals surface area contributed by atoms with E-state index < -0.39 is 6.04 Å². The molecule has 0 bridgehead atoms. The van der Waals surface area contributed by atoms with Crippen LogP contribution in [0, 0.1) is 0 Å². The Morgan fingerprint density at radius 3 is 2.63 bits per heavy atom. The van der Waals surface area contributed by atoms with E-state index in [-0.39, 0.29) is 18.1 Å². The van der Waals surface area contributed by atoms with Gasteiger partial charge in [0.1, 0.15) is 17.4 Å². The second kappa shape index (κ2) is 6.54. The lowest BCUT2D eigenvalue weighted by Crippen LogP contribution is -2.42. The first kappa shape index (κ1) is 15.5. The van der Waals surface area contributed by atoms with E-state index >= 15 is 0 Å². The predicted molar refractivity (Wildman–Crippen MR) is 73.7 cm³/mol. The molecular weight excluding hydrogens is 244 g/mol. The fourth-order valence-electron chi connectivity index (χ4n) is 1.48. The maximum absolute atomic E-state index is 11.5. The molecule has 1 amide bonds. The minimum absolute atomic E-state index is 0.304. The van der Waals surface area contributed by atoms with Gasteiger partial charge in [0.25, 0.3) is 0 Å². The molecule has 1 aromatic carbocycles. The highest BCUT2D eigenvalue weighted by Gasteiger charge is 2.16. The van der Waals surface area contributed by atoms with Crippen LogP contribution in [0.15, 0.2) is 24.3 Å². The first-order valence-corrected chi connectivity index (χ1v) is 6.24. The Balaban J connectivity index is 2.71. The van der Waals surface area contributed by atoms with Crippen molar-refractivity contribution in [1.82, 2.24) is 5.32 Å². The smallest absolute Gasteiger partial charge is 0.239 e. The van der Waals surface area contributed by atoms with Gasteiger partial charge in [-0.2, -0.15) is 0 Å². The van der Waals surface area contributed by atoms with Gasteiger partial charge in [0.15, 0.2) is 0 Å². The van der Waals surface area contributed by atoms with Crippen molar-refractivity contribution >= 4 is 5.91 Å². The van der Waals surface area contributed by atoms with Crippen LogP contribution in [0.25, 0.3) is 0 Å². The molecular formula is C14H22N2O3. The Hall–Kier alpha value is -1.59. The zero-order valence-electron chi connectivity index (χ0n) is 11.6. The van der Waals surface area contributed by atoms with E-state index in [9.17, 15) is 4.79 Å². The van der Waals surface area contributed by atoms with Gasteiger partial charge in [-0.25, -0.2) is 0 Å². The van der Waals surface area contributed by atoms with E-state index in [0.29, 0.717) is 6.54 Å². The monoisotopic (exact) mass is 266 g/mol. The highest BCUT2D eigenvalue weighted by atomic mass is 16.5. The average Bonchev–Trinajstić information content (AvgIpc) is 2.34. The SMILES string of the molecule is CC(C)(C)Oc1ccccc1CNC(=O)C(N)CO. The van der Waals surface area contributed by atoms with Gasteiger partial charge < -0.3 is 20.9 Å². The van der Waals surface area contributed by atoms with Crippen LogP contribution in [-0.4, -0.2) is 29.3 Å². The summed E-state index contributed by atoms with van der Waals surface area (Å²) < 4.78 is 5.82. The van der Waals surface area contributed by atoms with Crippen molar-refractivity contribution in [2.45, 2.75) is 39.0 Å². The topological polar surface area (TPSA) is 84.6 Å². The summed E-state index contributed by atoms with van der Waals surface area (Å²) in [6.45, 7) is 5.84. The van der Waals surface area contributed by atoms with Crippen LogP contribution in [0.2, 0.25) is 0 Å². The lowest BCUT2D eigenvalue weighted by atomic mass is 10.1. The average molecular weight is 266 g/mol. The molecule has 1 atom stereocenters. The van der Waals surface area contributed by atoms with Gasteiger partial charge in [-0.3, -0.25) is 4.79 Å². The first-order valence-electron chi connectivity index (χ1n) is 6.24. The molecule has 0 aliphatic rings. The van der Waals surface area contributed by atoms with Gasteiger partial charge in [0.05, 0.1) is 6.61 Å². The Kier molecular flexibility index (Phi) is 5.32. The number of para-hydroxylation sites is 1. The van der Waals surface area contributed by atoms with Crippen molar-refractivity contribution in [1.29, 1.82) is 0 Å². The summed E-state index contributed by atoms with van der Waals surface area (Å²) in [6.07, 6.45) is 0. The van der Waals surface area contributed by atoms with Gasteiger partial charge in [-0.1, -0.05) is 18.2 Å². The van der Waals surface area contributed by atoms with E-state index in [4.69, 9.17) is 15.6 Å². The van der Waals surface area contributed by atoms with Crippen LogP contribution < -0.4 is 15.8 Å². The molecule has 0 heterocycles. The molecule has 0 saturated carbocycles. The molecule has 0 aliphatic heterocycles. The van der Waals surface area contributed by atoms with E-state index in [0.717, 1.165) is 11.3 Å². The van der Waals surface area contributed by atoms with Crippen molar-refractivity contribution in [3.63, 3.8) is 0 Å². The van der Waals surface area contributed by atoms with Gasteiger partial charge in [0.2, 0.25) is 5.91 Å². The van der Waals surface area contributed by atoms with Crippen LogP contribution >= 0.6 is 0 Å². The van der Waals surface area contributed by atoms with Crippen molar-refractivity contribution < 1.29 is 14.6 Å². The van der Waals surface area contributed by atoms with Crippen LogP contribution in [0.5, 0.6) is 5.75 Å². The molecule has 0 fully saturated rings. The highest BCUT2D eigenvalue weighted by molar-refractivity contribution is 5.81. The largest absolute Gasteiger partial charge is 0.488 e. The molecule has 0 aromatic heterocycles. The maximum Gasteiger partial charge on any atom is 0.239 e. The van der Waals surface area contributed by atoms with Gasteiger partial charge in [0, 0.05) is 12.1 Å². The minimum Gasteiger partial charge on any atom is -0.488 e. The molecule has 19 heavy (non-hydrogen) atoms. The van der Waals surface area contributed by atoms with Gasteiger partial charge in [-0.05, 0) is 26.8 Å². The number of nitrogens with one attached hydrogen (secondary N) is 1. The first-order chi connectivity index (χ1) is 8.83. The lowest BCUT2D eigenvalue weighted by molar-refractivity contribution is -0.123. The number of hydrogen-bond donors (Lipinski definition) is 3. The second-order valence-corrected chi connectivity index (χ2v) is 5.33. The zero-order valence-corrected chi connectivity index (χ0v) is 11.6. The van der Waals surface area contributed by atoms with Gasteiger partial charge in [-0.15, -0.1) is 0 Å². The Morgan fingerprint density at radius 2 is 2.05 bits per heavy atom.